The fourth-order valence-corrected chi connectivity index (χ4v) is 3.12. The number of imidazole rings is 1. The molecule has 0 saturated heterocycles. The van der Waals surface area contributed by atoms with Gasteiger partial charge in [0.2, 0.25) is 0 Å². The number of nitrogens with zero attached hydrogens (tertiary/aromatic N) is 2. The van der Waals surface area contributed by atoms with E-state index in [1.807, 2.05) is 26.0 Å². The first-order valence-electron chi connectivity index (χ1n) is 7.78. The number of ether oxygens (including phenoxy) is 1. The maximum atomic E-state index is 6.39. The van der Waals surface area contributed by atoms with Gasteiger partial charge in [-0.15, -0.1) is 11.6 Å². The lowest BCUT2D eigenvalue weighted by molar-refractivity contribution is 0.343. The number of alkyl halides is 1. The zero-order valence-electron chi connectivity index (χ0n) is 13.6. The van der Waals surface area contributed by atoms with Crippen LogP contribution in [0.25, 0.3) is 11.0 Å². The monoisotopic (exact) mass is 308 g/mol. The summed E-state index contributed by atoms with van der Waals surface area (Å²) in [5.41, 5.74) is 2.03. The van der Waals surface area contributed by atoms with Crippen molar-refractivity contribution in [3.63, 3.8) is 0 Å². The summed E-state index contributed by atoms with van der Waals surface area (Å²) in [4.78, 5) is 4.79. The van der Waals surface area contributed by atoms with E-state index in [9.17, 15) is 0 Å². The van der Waals surface area contributed by atoms with Gasteiger partial charge in [0, 0.05) is 6.04 Å². The van der Waals surface area contributed by atoms with Crippen LogP contribution in [-0.2, 0) is 0 Å². The van der Waals surface area contributed by atoms with E-state index in [0.29, 0.717) is 18.6 Å². The van der Waals surface area contributed by atoms with Crippen molar-refractivity contribution in [3.05, 3.63) is 24.0 Å². The molecular formula is C17H25ClN2O. The lowest BCUT2D eigenvalue weighted by Crippen LogP contribution is -2.17. The van der Waals surface area contributed by atoms with Crippen LogP contribution in [0, 0.1) is 5.92 Å². The average Bonchev–Trinajstić information content (AvgIpc) is 2.81. The lowest BCUT2D eigenvalue weighted by atomic mass is 10.0. The second kappa shape index (κ2) is 6.69. The Bertz CT molecular complexity index is 604. The highest BCUT2D eigenvalue weighted by Gasteiger charge is 2.24. The molecule has 0 N–H and O–H groups in total. The third-order valence-corrected chi connectivity index (χ3v) is 4.08. The van der Waals surface area contributed by atoms with Gasteiger partial charge in [0.05, 0.1) is 17.5 Å². The Labute approximate surface area is 132 Å². The molecule has 0 fully saturated rings. The molecule has 1 aromatic heterocycles. The molecule has 2 unspecified atom stereocenters. The highest BCUT2D eigenvalue weighted by Crippen LogP contribution is 2.35. The van der Waals surface area contributed by atoms with E-state index in [1.54, 1.807) is 0 Å². The molecule has 0 spiro atoms. The van der Waals surface area contributed by atoms with Crippen molar-refractivity contribution in [1.29, 1.82) is 0 Å². The van der Waals surface area contributed by atoms with Gasteiger partial charge >= 0.3 is 0 Å². The summed E-state index contributed by atoms with van der Waals surface area (Å²) in [6.07, 6.45) is 1.05. The molecule has 2 rings (SSSR count). The minimum atomic E-state index is -0.125. The molecular weight excluding hydrogens is 284 g/mol. The maximum absolute atomic E-state index is 6.39. The zero-order chi connectivity index (χ0) is 15.6. The van der Waals surface area contributed by atoms with E-state index in [2.05, 4.69) is 31.4 Å². The molecule has 3 nitrogen and oxygen atoms in total. The van der Waals surface area contributed by atoms with Crippen LogP contribution in [0.2, 0.25) is 0 Å². The van der Waals surface area contributed by atoms with E-state index >= 15 is 0 Å². The molecule has 2 atom stereocenters. The molecule has 1 aromatic carbocycles. The molecule has 116 valence electrons. The number of para-hydroxylation sites is 1. The average molecular weight is 309 g/mol. The topological polar surface area (TPSA) is 27.1 Å². The minimum Gasteiger partial charge on any atom is -0.492 e. The van der Waals surface area contributed by atoms with Gasteiger partial charge in [0.1, 0.15) is 17.1 Å². The Balaban J connectivity index is 2.71. The molecule has 0 bridgehead atoms. The van der Waals surface area contributed by atoms with Crippen LogP contribution in [0.5, 0.6) is 5.75 Å². The van der Waals surface area contributed by atoms with Crippen molar-refractivity contribution in [2.24, 2.45) is 5.92 Å². The molecule has 0 radical (unpaired) electrons. The van der Waals surface area contributed by atoms with E-state index in [1.165, 1.54) is 0 Å². The van der Waals surface area contributed by atoms with E-state index in [-0.39, 0.29) is 5.38 Å². The predicted molar refractivity (Wildman–Crippen MR) is 89.3 cm³/mol. The van der Waals surface area contributed by atoms with Gasteiger partial charge in [0.25, 0.3) is 0 Å². The van der Waals surface area contributed by atoms with E-state index in [4.69, 9.17) is 21.3 Å². The van der Waals surface area contributed by atoms with Gasteiger partial charge in [-0.2, -0.15) is 0 Å². The molecule has 0 aliphatic heterocycles. The molecule has 1 heterocycles. The van der Waals surface area contributed by atoms with E-state index < -0.39 is 0 Å². The van der Waals surface area contributed by atoms with Crippen molar-refractivity contribution in [1.82, 2.24) is 9.55 Å². The van der Waals surface area contributed by atoms with Gasteiger partial charge in [-0.05, 0) is 38.3 Å². The van der Waals surface area contributed by atoms with Crippen molar-refractivity contribution < 1.29 is 4.74 Å². The minimum absolute atomic E-state index is 0.125. The highest BCUT2D eigenvalue weighted by atomic mass is 35.5. The van der Waals surface area contributed by atoms with Crippen LogP contribution in [0.1, 0.15) is 58.3 Å². The van der Waals surface area contributed by atoms with Crippen LogP contribution in [0.15, 0.2) is 18.2 Å². The first-order valence-corrected chi connectivity index (χ1v) is 8.22. The molecule has 2 aromatic rings. The zero-order valence-corrected chi connectivity index (χ0v) is 14.3. The molecule has 0 saturated carbocycles. The summed E-state index contributed by atoms with van der Waals surface area (Å²) in [6.45, 7) is 11.3. The third kappa shape index (κ3) is 3.03. The summed E-state index contributed by atoms with van der Waals surface area (Å²) < 4.78 is 8.03. The number of halogens is 1. The van der Waals surface area contributed by atoms with Gasteiger partial charge in [-0.1, -0.05) is 26.8 Å². The fraction of sp³-hybridized carbons (Fsp3) is 0.588. The van der Waals surface area contributed by atoms with Crippen LogP contribution in [0.3, 0.4) is 0 Å². The van der Waals surface area contributed by atoms with Crippen LogP contribution < -0.4 is 4.74 Å². The molecule has 4 heteroatoms. The SMILES string of the molecule is CCOc1cccc2c1nc(C(C)Cl)n2C(CC)C(C)C. The Morgan fingerprint density at radius 2 is 1.95 bits per heavy atom. The van der Waals surface area contributed by atoms with Gasteiger partial charge < -0.3 is 9.30 Å². The Hall–Kier alpha value is -1.22. The first-order chi connectivity index (χ1) is 10.0. The normalized spacial score (nSPS) is 14.6. The maximum Gasteiger partial charge on any atom is 0.147 e. The molecule has 0 aliphatic rings. The van der Waals surface area contributed by atoms with Crippen molar-refractivity contribution in [2.45, 2.75) is 52.5 Å². The molecule has 0 amide bonds. The number of benzene rings is 1. The fourth-order valence-electron chi connectivity index (χ4n) is 2.96. The lowest BCUT2D eigenvalue weighted by Gasteiger charge is -2.24. The van der Waals surface area contributed by atoms with Crippen molar-refractivity contribution in [2.75, 3.05) is 6.61 Å². The Morgan fingerprint density at radius 1 is 1.24 bits per heavy atom. The van der Waals surface area contributed by atoms with Crippen LogP contribution in [0.4, 0.5) is 0 Å². The third-order valence-electron chi connectivity index (χ3n) is 3.89. The Kier molecular flexibility index (Phi) is 5.15. The smallest absolute Gasteiger partial charge is 0.147 e. The summed E-state index contributed by atoms with van der Waals surface area (Å²) >= 11 is 6.39. The van der Waals surface area contributed by atoms with Crippen LogP contribution >= 0.6 is 11.6 Å². The summed E-state index contributed by atoms with van der Waals surface area (Å²) in [5.74, 6) is 2.29. The largest absolute Gasteiger partial charge is 0.492 e. The summed E-state index contributed by atoms with van der Waals surface area (Å²) in [5, 5.41) is -0.125. The summed E-state index contributed by atoms with van der Waals surface area (Å²) in [6, 6.07) is 6.50. The predicted octanol–water partition coefficient (Wildman–Crippen LogP) is 5.34. The second-order valence-corrected chi connectivity index (χ2v) is 6.39. The highest BCUT2D eigenvalue weighted by molar-refractivity contribution is 6.20. The van der Waals surface area contributed by atoms with Crippen molar-refractivity contribution in [3.8, 4) is 5.75 Å². The number of aromatic nitrogens is 2. The van der Waals surface area contributed by atoms with E-state index in [0.717, 1.165) is 29.0 Å². The first kappa shape index (κ1) is 16.2. The van der Waals surface area contributed by atoms with Gasteiger partial charge in [-0.3, -0.25) is 0 Å². The standard InChI is InChI=1S/C17H25ClN2O/c1-6-13(11(3)4)20-14-9-8-10-15(21-7-2)16(14)19-17(20)12(5)18/h8-13H,6-7H2,1-5H3. The number of hydrogen-bond donors (Lipinski definition) is 0. The van der Waals surface area contributed by atoms with Gasteiger partial charge in [-0.25, -0.2) is 4.98 Å². The second-order valence-electron chi connectivity index (χ2n) is 5.73. The van der Waals surface area contributed by atoms with Crippen LogP contribution in [-0.4, -0.2) is 16.2 Å². The Morgan fingerprint density at radius 3 is 2.48 bits per heavy atom. The van der Waals surface area contributed by atoms with Crippen molar-refractivity contribution >= 4 is 22.6 Å². The van der Waals surface area contributed by atoms with Gasteiger partial charge in [0.15, 0.2) is 0 Å². The summed E-state index contributed by atoms with van der Waals surface area (Å²) in [7, 11) is 0. The molecule has 0 aliphatic carbocycles. The number of rotatable bonds is 6. The molecule has 21 heavy (non-hydrogen) atoms. The number of fused-ring (bicyclic) bond motifs is 1. The number of hydrogen-bond acceptors (Lipinski definition) is 2. The quantitative estimate of drug-likeness (QED) is 0.673.